The molecular formula is C11H21N2O3-. The number of carboxylic acid groups (broad SMARTS) is 1. The van der Waals surface area contributed by atoms with Gasteiger partial charge >= 0.3 is 0 Å². The Labute approximate surface area is 96.6 Å². The fourth-order valence-electron chi connectivity index (χ4n) is 1.69. The van der Waals surface area contributed by atoms with Crippen LogP contribution >= 0.6 is 0 Å². The van der Waals surface area contributed by atoms with Gasteiger partial charge in [0.2, 0.25) is 5.91 Å². The summed E-state index contributed by atoms with van der Waals surface area (Å²) in [6.07, 6.45) is -0.690. The summed E-state index contributed by atoms with van der Waals surface area (Å²) in [6.45, 7) is 8.82. The van der Waals surface area contributed by atoms with Crippen LogP contribution in [0.15, 0.2) is 0 Å². The Hall–Kier alpha value is -1.26. The van der Waals surface area contributed by atoms with Gasteiger partial charge < -0.3 is 20.5 Å². The van der Waals surface area contributed by atoms with Crippen LogP contribution in [0.3, 0.4) is 0 Å². The molecule has 5 heteroatoms. The largest absolute Gasteiger partial charge is 0.530 e. The van der Waals surface area contributed by atoms with E-state index in [2.05, 4.69) is 0 Å². The van der Waals surface area contributed by atoms with Crippen LogP contribution in [-0.2, 0) is 4.79 Å². The van der Waals surface area contributed by atoms with Crippen molar-refractivity contribution in [2.24, 2.45) is 11.7 Å². The Bertz CT molecular complexity index is 271. The number of nitrogens with two attached hydrogens (primary N) is 1. The van der Waals surface area contributed by atoms with E-state index < -0.39 is 23.6 Å². The lowest BCUT2D eigenvalue weighted by Crippen LogP contribution is -2.62. The summed E-state index contributed by atoms with van der Waals surface area (Å²) in [4.78, 5) is 23.5. The van der Waals surface area contributed by atoms with Crippen molar-refractivity contribution < 1.29 is 14.7 Å². The normalized spacial score (nSPS) is 15.3. The minimum atomic E-state index is -1.36. The molecule has 0 heterocycles. The Balaban J connectivity index is 5.28. The predicted molar refractivity (Wildman–Crippen MR) is 59.4 cm³/mol. The number of carbonyl (C=O) groups excluding carboxylic acids is 2. The van der Waals surface area contributed by atoms with Gasteiger partial charge in [-0.3, -0.25) is 4.79 Å². The molecule has 2 N–H and O–H groups in total. The summed E-state index contributed by atoms with van der Waals surface area (Å²) in [5, 5.41) is 11.1. The highest BCUT2D eigenvalue weighted by molar-refractivity contribution is 5.84. The number of hydrogen-bond acceptors (Lipinski definition) is 3. The topological polar surface area (TPSA) is 86.5 Å². The van der Waals surface area contributed by atoms with E-state index in [4.69, 9.17) is 5.73 Å². The van der Waals surface area contributed by atoms with Crippen molar-refractivity contribution in [3.8, 4) is 0 Å². The molecule has 0 fully saturated rings. The van der Waals surface area contributed by atoms with Crippen LogP contribution in [0.1, 0.15) is 41.0 Å². The molecule has 0 aliphatic heterocycles. The average Bonchev–Trinajstić information content (AvgIpc) is 2.09. The first-order chi connectivity index (χ1) is 7.12. The molecular weight excluding hydrogens is 208 g/mol. The minimum Gasteiger partial charge on any atom is -0.530 e. The summed E-state index contributed by atoms with van der Waals surface area (Å²) >= 11 is 0. The van der Waals surface area contributed by atoms with Gasteiger partial charge in [0.1, 0.15) is 12.1 Å². The molecule has 0 saturated heterocycles. The summed E-state index contributed by atoms with van der Waals surface area (Å²) < 4.78 is 0. The first-order valence-electron chi connectivity index (χ1n) is 5.42. The second kappa shape index (κ2) is 5.18. The molecule has 2 amide bonds. The molecule has 2 atom stereocenters. The van der Waals surface area contributed by atoms with Crippen LogP contribution in [0, 0.1) is 5.92 Å². The van der Waals surface area contributed by atoms with Gasteiger partial charge in [-0.25, -0.2) is 0 Å². The molecule has 0 aromatic rings. The third kappa shape index (κ3) is 3.40. The SMILES string of the molecule is CCC(C)C(C(N)=O)N(C(=O)[O-])C(C)(C)C. The molecule has 5 nitrogen and oxygen atoms in total. The summed E-state index contributed by atoms with van der Waals surface area (Å²) in [5.74, 6) is -0.761. The monoisotopic (exact) mass is 229 g/mol. The Kier molecular flexibility index (Phi) is 4.78. The van der Waals surface area contributed by atoms with Gasteiger partial charge in [0, 0.05) is 5.54 Å². The first kappa shape index (κ1) is 14.7. The van der Waals surface area contributed by atoms with Crippen LogP contribution in [0.25, 0.3) is 0 Å². The standard InChI is InChI=1S/C11H22N2O3/c1-6-7(2)8(9(12)14)13(10(15)16)11(3,4)5/h7-8H,6H2,1-5H3,(H2,12,14)(H,15,16)/p-1. The molecule has 0 spiro atoms. The molecule has 0 rings (SSSR count). The van der Waals surface area contributed by atoms with Crippen LogP contribution in [0.5, 0.6) is 0 Å². The van der Waals surface area contributed by atoms with E-state index in [9.17, 15) is 14.7 Å². The van der Waals surface area contributed by atoms with Crippen LogP contribution in [0.2, 0.25) is 0 Å². The lowest BCUT2D eigenvalue weighted by molar-refractivity contribution is -0.274. The molecule has 0 aliphatic rings. The van der Waals surface area contributed by atoms with E-state index in [1.54, 1.807) is 27.7 Å². The number of rotatable bonds is 4. The van der Waals surface area contributed by atoms with Crippen molar-refractivity contribution in [2.45, 2.75) is 52.6 Å². The zero-order valence-corrected chi connectivity index (χ0v) is 10.6. The van der Waals surface area contributed by atoms with Crippen molar-refractivity contribution in [1.29, 1.82) is 0 Å². The summed E-state index contributed by atoms with van der Waals surface area (Å²) in [5.41, 5.74) is 4.57. The fourth-order valence-corrected chi connectivity index (χ4v) is 1.69. The van der Waals surface area contributed by atoms with Gasteiger partial charge in [-0.05, 0) is 26.7 Å². The minimum absolute atomic E-state index is 0.130. The third-order valence-electron chi connectivity index (χ3n) is 2.67. The fraction of sp³-hybridized carbons (Fsp3) is 0.818. The molecule has 16 heavy (non-hydrogen) atoms. The molecule has 0 aromatic carbocycles. The smallest absolute Gasteiger partial charge is 0.240 e. The second-order valence-corrected chi connectivity index (χ2v) is 5.04. The summed E-state index contributed by atoms with van der Waals surface area (Å²) in [7, 11) is 0. The van der Waals surface area contributed by atoms with Crippen molar-refractivity contribution in [3.05, 3.63) is 0 Å². The average molecular weight is 229 g/mol. The number of amides is 2. The van der Waals surface area contributed by atoms with Gasteiger partial charge in [0.25, 0.3) is 0 Å². The molecule has 0 aliphatic carbocycles. The molecule has 0 aromatic heterocycles. The maximum Gasteiger partial charge on any atom is 0.240 e. The maximum absolute atomic E-state index is 11.4. The highest BCUT2D eigenvalue weighted by Gasteiger charge is 2.35. The van der Waals surface area contributed by atoms with Crippen molar-refractivity contribution in [3.63, 3.8) is 0 Å². The number of nitrogens with zero attached hydrogens (tertiary/aromatic N) is 1. The highest BCUT2D eigenvalue weighted by atomic mass is 16.4. The van der Waals surface area contributed by atoms with Crippen LogP contribution < -0.4 is 10.8 Å². The first-order valence-corrected chi connectivity index (χ1v) is 5.42. The van der Waals surface area contributed by atoms with Gasteiger partial charge in [0.05, 0.1) is 0 Å². The number of hydrogen-bond donors (Lipinski definition) is 1. The zero-order chi connectivity index (χ0) is 13.1. The van der Waals surface area contributed by atoms with Gasteiger partial charge in [-0.2, -0.15) is 0 Å². The summed E-state index contributed by atoms with van der Waals surface area (Å²) in [6, 6.07) is -0.838. The van der Waals surface area contributed by atoms with E-state index in [-0.39, 0.29) is 5.92 Å². The van der Waals surface area contributed by atoms with Crippen molar-refractivity contribution >= 4 is 12.0 Å². The zero-order valence-electron chi connectivity index (χ0n) is 10.6. The Morgan fingerprint density at radius 2 is 1.81 bits per heavy atom. The van der Waals surface area contributed by atoms with E-state index in [1.165, 1.54) is 0 Å². The van der Waals surface area contributed by atoms with E-state index in [1.807, 2.05) is 6.92 Å². The third-order valence-corrected chi connectivity index (χ3v) is 2.67. The quantitative estimate of drug-likeness (QED) is 0.753. The predicted octanol–water partition coefficient (Wildman–Crippen LogP) is 0.330. The maximum atomic E-state index is 11.4. The lowest BCUT2D eigenvalue weighted by Gasteiger charge is -2.44. The van der Waals surface area contributed by atoms with Crippen molar-refractivity contribution in [2.75, 3.05) is 0 Å². The number of carbonyl (C=O) groups is 2. The Morgan fingerprint density at radius 3 is 2.00 bits per heavy atom. The van der Waals surface area contributed by atoms with Gasteiger partial charge in [-0.1, -0.05) is 20.3 Å². The Morgan fingerprint density at radius 1 is 1.38 bits per heavy atom. The molecule has 94 valence electrons. The van der Waals surface area contributed by atoms with Crippen LogP contribution in [0.4, 0.5) is 4.79 Å². The lowest BCUT2D eigenvalue weighted by atomic mass is 9.93. The van der Waals surface area contributed by atoms with E-state index in [0.29, 0.717) is 6.42 Å². The second-order valence-electron chi connectivity index (χ2n) is 5.04. The molecule has 0 saturated carbocycles. The van der Waals surface area contributed by atoms with Gasteiger partial charge in [-0.15, -0.1) is 0 Å². The van der Waals surface area contributed by atoms with Gasteiger partial charge in [0.15, 0.2) is 0 Å². The van der Waals surface area contributed by atoms with Crippen LogP contribution in [-0.4, -0.2) is 28.5 Å². The van der Waals surface area contributed by atoms with E-state index >= 15 is 0 Å². The molecule has 0 radical (unpaired) electrons. The van der Waals surface area contributed by atoms with Crippen molar-refractivity contribution in [1.82, 2.24) is 4.90 Å². The molecule has 0 bridgehead atoms. The molecule has 2 unspecified atom stereocenters. The number of primary amides is 1. The highest BCUT2D eigenvalue weighted by Crippen LogP contribution is 2.23. The van der Waals surface area contributed by atoms with E-state index in [0.717, 1.165) is 4.90 Å².